The fourth-order valence-corrected chi connectivity index (χ4v) is 3.97. The molecule has 2 N–H and O–H groups in total. The first-order valence-electron chi connectivity index (χ1n) is 6.53. The van der Waals surface area contributed by atoms with Crippen LogP contribution in [0.3, 0.4) is 0 Å². The van der Waals surface area contributed by atoms with Gasteiger partial charge in [-0.1, -0.05) is 18.2 Å². The van der Waals surface area contributed by atoms with Gasteiger partial charge >= 0.3 is 5.97 Å². The third-order valence-corrected chi connectivity index (χ3v) is 5.46. The van der Waals surface area contributed by atoms with E-state index in [0.717, 1.165) is 20.7 Å². The van der Waals surface area contributed by atoms with E-state index in [4.69, 9.17) is 0 Å². The van der Waals surface area contributed by atoms with E-state index in [1.165, 1.54) is 11.3 Å². The Morgan fingerprint density at radius 3 is 2.95 bits per heavy atom. The standard InChI is InChI=1S/C15H14N2O2S2/c1-9(14-16-6-7-20-14)17-8-11-10-4-2-3-5-12(10)21-13(11)15(18)19/h2-7,9,17H,8H2,1H3,(H,18,19). The number of nitrogens with one attached hydrogen (secondary N) is 1. The summed E-state index contributed by atoms with van der Waals surface area (Å²) >= 11 is 2.92. The smallest absolute Gasteiger partial charge is 0.346 e. The molecule has 0 spiro atoms. The number of carbonyl (C=O) groups is 1. The van der Waals surface area contributed by atoms with Crippen molar-refractivity contribution in [3.05, 3.63) is 51.3 Å². The van der Waals surface area contributed by atoms with Gasteiger partial charge in [-0.25, -0.2) is 9.78 Å². The molecule has 1 atom stereocenters. The highest BCUT2D eigenvalue weighted by Crippen LogP contribution is 2.31. The summed E-state index contributed by atoms with van der Waals surface area (Å²) in [6, 6.07) is 7.91. The number of aromatic nitrogens is 1. The second-order valence-electron chi connectivity index (χ2n) is 4.68. The first-order valence-corrected chi connectivity index (χ1v) is 8.23. The van der Waals surface area contributed by atoms with Gasteiger partial charge in [-0.15, -0.1) is 22.7 Å². The number of carboxylic acid groups (broad SMARTS) is 1. The second kappa shape index (κ2) is 5.93. The van der Waals surface area contributed by atoms with Crippen LogP contribution in [0.2, 0.25) is 0 Å². The molecule has 6 heteroatoms. The summed E-state index contributed by atoms with van der Waals surface area (Å²) < 4.78 is 1.01. The van der Waals surface area contributed by atoms with Crippen molar-refractivity contribution in [2.45, 2.75) is 19.5 Å². The number of hydrogen-bond donors (Lipinski definition) is 2. The molecule has 0 amide bonds. The van der Waals surface area contributed by atoms with Crippen LogP contribution in [0.15, 0.2) is 35.8 Å². The fraction of sp³-hybridized carbons (Fsp3) is 0.200. The van der Waals surface area contributed by atoms with E-state index in [1.807, 2.05) is 36.6 Å². The first kappa shape index (κ1) is 14.2. The molecular formula is C15H14N2O2S2. The van der Waals surface area contributed by atoms with Crippen LogP contribution in [0.4, 0.5) is 0 Å². The number of benzene rings is 1. The molecule has 2 aromatic heterocycles. The highest BCUT2D eigenvalue weighted by molar-refractivity contribution is 7.21. The molecule has 1 unspecified atom stereocenters. The van der Waals surface area contributed by atoms with Gasteiger partial charge in [0.05, 0.1) is 6.04 Å². The van der Waals surface area contributed by atoms with E-state index >= 15 is 0 Å². The summed E-state index contributed by atoms with van der Waals surface area (Å²) in [6.45, 7) is 2.56. The van der Waals surface area contributed by atoms with Gasteiger partial charge in [0.15, 0.2) is 0 Å². The maximum Gasteiger partial charge on any atom is 0.346 e. The van der Waals surface area contributed by atoms with Crippen LogP contribution in [0.25, 0.3) is 10.1 Å². The third-order valence-electron chi connectivity index (χ3n) is 3.30. The van der Waals surface area contributed by atoms with Crippen molar-refractivity contribution in [3.63, 3.8) is 0 Å². The predicted molar refractivity (Wildman–Crippen MR) is 86.2 cm³/mol. The lowest BCUT2D eigenvalue weighted by atomic mass is 10.1. The molecule has 4 nitrogen and oxygen atoms in total. The predicted octanol–water partition coefficient (Wildman–Crippen LogP) is 3.91. The number of carboxylic acids is 1. The Morgan fingerprint density at radius 1 is 1.43 bits per heavy atom. The number of thiophene rings is 1. The summed E-state index contributed by atoms with van der Waals surface area (Å²) in [7, 11) is 0. The summed E-state index contributed by atoms with van der Waals surface area (Å²) in [5.74, 6) is -0.866. The Bertz CT molecular complexity index is 765. The summed E-state index contributed by atoms with van der Waals surface area (Å²) in [6.07, 6.45) is 1.78. The normalized spacial score (nSPS) is 12.6. The Kier molecular flexibility index (Phi) is 4.01. The monoisotopic (exact) mass is 318 g/mol. The number of thiazole rings is 1. The van der Waals surface area contributed by atoms with Crippen molar-refractivity contribution in [1.82, 2.24) is 10.3 Å². The Morgan fingerprint density at radius 2 is 2.24 bits per heavy atom. The van der Waals surface area contributed by atoms with E-state index in [2.05, 4.69) is 10.3 Å². The largest absolute Gasteiger partial charge is 0.477 e. The van der Waals surface area contributed by atoms with Gasteiger partial charge in [0.25, 0.3) is 0 Å². The minimum Gasteiger partial charge on any atom is -0.477 e. The van der Waals surface area contributed by atoms with Gasteiger partial charge < -0.3 is 10.4 Å². The summed E-state index contributed by atoms with van der Waals surface area (Å²) in [5, 5.41) is 16.7. The molecule has 3 aromatic rings. The van der Waals surface area contributed by atoms with Crippen molar-refractivity contribution in [2.75, 3.05) is 0 Å². The van der Waals surface area contributed by atoms with Crippen LogP contribution in [0, 0.1) is 0 Å². The van der Waals surface area contributed by atoms with Gasteiger partial charge in [-0.3, -0.25) is 0 Å². The number of hydrogen-bond acceptors (Lipinski definition) is 5. The molecule has 0 bridgehead atoms. The van der Waals surface area contributed by atoms with E-state index in [1.54, 1.807) is 17.5 Å². The van der Waals surface area contributed by atoms with E-state index in [0.29, 0.717) is 11.4 Å². The zero-order valence-electron chi connectivity index (χ0n) is 11.4. The maximum absolute atomic E-state index is 11.4. The molecule has 0 fully saturated rings. The fourth-order valence-electron chi connectivity index (χ4n) is 2.24. The van der Waals surface area contributed by atoms with Crippen LogP contribution < -0.4 is 5.32 Å². The van der Waals surface area contributed by atoms with Gasteiger partial charge in [0, 0.05) is 22.8 Å². The molecule has 0 aliphatic rings. The average Bonchev–Trinajstić information content (AvgIpc) is 3.12. The topological polar surface area (TPSA) is 62.2 Å². The minimum atomic E-state index is -0.866. The molecule has 108 valence electrons. The first-order chi connectivity index (χ1) is 10.2. The van der Waals surface area contributed by atoms with Crippen molar-refractivity contribution >= 4 is 38.7 Å². The number of fused-ring (bicyclic) bond motifs is 1. The van der Waals surface area contributed by atoms with Crippen molar-refractivity contribution < 1.29 is 9.90 Å². The second-order valence-corrected chi connectivity index (χ2v) is 6.66. The quantitative estimate of drug-likeness (QED) is 0.749. The summed E-state index contributed by atoms with van der Waals surface area (Å²) in [5.41, 5.74) is 0.853. The number of rotatable bonds is 5. The number of aromatic carboxylic acids is 1. The van der Waals surface area contributed by atoms with Gasteiger partial charge in [-0.2, -0.15) is 0 Å². The minimum absolute atomic E-state index is 0.102. The average molecular weight is 318 g/mol. The van der Waals surface area contributed by atoms with Crippen LogP contribution in [-0.4, -0.2) is 16.1 Å². The summed E-state index contributed by atoms with van der Waals surface area (Å²) in [4.78, 5) is 16.1. The zero-order valence-corrected chi connectivity index (χ0v) is 13.0. The molecule has 3 rings (SSSR count). The third kappa shape index (κ3) is 2.83. The van der Waals surface area contributed by atoms with Gasteiger partial charge in [0.2, 0.25) is 0 Å². The van der Waals surface area contributed by atoms with Crippen LogP contribution in [0.1, 0.15) is 33.2 Å². The van der Waals surface area contributed by atoms with Gasteiger partial charge in [0.1, 0.15) is 9.88 Å². The molecule has 0 saturated heterocycles. The Balaban J connectivity index is 1.89. The molecule has 2 heterocycles. The van der Waals surface area contributed by atoms with Crippen LogP contribution >= 0.6 is 22.7 Å². The highest BCUT2D eigenvalue weighted by atomic mass is 32.1. The highest BCUT2D eigenvalue weighted by Gasteiger charge is 2.18. The van der Waals surface area contributed by atoms with E-state index in [-0.39, 0.29) is 6.04 Å². The Hall–Kier alpha value is -1.76. The van der Waals surface area contributed by atoms with Gasteiger partial charge in [-0.05, 0) is 23.9 Å². The van der Waals surface area contributed by atoms with Crippen molar-refractivity contribution in [2.24, 2.45) is 0 Å². The molecular weight excluding hydrogens is 304 g/mol. The van der Waals surface area contributed by atoms with Crippen LogP contribution in [0.5, 0.6) is 0 Å². The van der Waals surface area contributed by atoms with Crippen LogP contribution in [-0.2, 0) is 6.54 Å². The molecule has 0 saturated carbocycles. The van der Waals surface area contributed by atoms with E-state index in [9.17, 15) is 9.90 Å². The molecule has 0 aliphatic carbocycles. The zero-order chi connectivity index (χ0) is 14.8. The SMILES string of the molecule is CC(NCc1c(C(=O)O)sc2ccccc12)c1nccs1. The van der Waals surface area contributed by atoms with Crippen molar-refractivity contribution in [3.8, 4) is 0 Å². The lowest BCUT2D eigenvalue weighted by molar-refractivity contribution is 0.0701. The van der Waals surface area contributed by atoms with E-state index < -0.39 is 5.97 Å². The molecule has 1 aromatic carbocycles. The maximum atomic E-state index is 11.4. The lowest BCUT2D eigenvalue weighted by Gasteiger charge is -2.11. The van der Waals surface area contributed by atoms with Crippen molar-refractivity contribution in [1.29, 1.82) is 0 Å². The molecule has 21 heavy (non-hydrogen) atoms. The lowest BCUT2D eigenvalue weighted by Crippen LogP contribution is -2.19. The number of nitrogens with zero attached hydrogens (tertiary/aromatic N) is 1. The molecule has 0 aliphatic heterocycles. The Labute approximate surface area is 130 Å². The molecule has 0 radical (unpaired) electrons.